The molecule has 2 amide bonds. The van der Waals surface area contributed by atoms with Crippen LogP contribution in [0.1, 0.15) is 12.8 Å². The maximum atomic E-state index is 12.2. The van der Waals surface area contributed by atoms with Crippen LogP contribution in [0.4, 0.5) is 16.4 Å². The average Bonchev–Trinajstić information content (AvgIpc) is 3.08. The summed E-state index contributed by atoms with van der Waals surface area (Å²) in [5.74, 6) is 0.703. The minimum absolute atomic E-state index is 0.0566. The van der Waals surface area contributed by atoms with Gasteiger partial charge in [0.05, 0.1) is 25.0 Å². The lowest BCUT2D eigenvalue weighted by Crippen LogP contribution is -2.49. The standard InChI is InChI=1S/C16H23N7O2/c1-25-9-8-23-12-14(10-19-23)21-16(24)20-13-4-2-7-22(11-13)15-17-5-3-6-18-15/h3,5-6,10,12-13H,2,4,7-9,11H2,1H3,(H2,20,21,24)/t13-/m0/s1. The number of methoxy groups -OCH3 is 1. The number of aromatic nitrogens is 4. The molecule has 134 valence electrons. The molecule has 9 nitrogen and oxygen atoms in total. The van der Waals surface area contributed by atoms with E-state index in [0.29, 0.717) is 31.3 Å². The first-order valence-electron chi connectivity index (χ1n) is 8.35. The summed E-state index contributed by atoms with van der Waals surface area (Å²) in [7, 11) is 1.64. The van der Waals surface area contributed by atoms with E-state index in [1.54, 1.807) is 42.6 Å². The predicted molar refractivity (Wildman–Crippen MR) is 93.5 cm³/mol. The quantitative estimate of drug-likeness (QED) is 0.814. The van der Waals surface area contributed by atoms with Gasteiger partial charge in [0.15, 0.2) is 0 Å². The van der Waals surface area contributed by atoms with E-state index in [4.69, 9.17) is 4.74 Å². The Kier molecular flexibility index (Phi) is 5.78. The highest BCUT2D eigenvalue weighted by molar-refractivity contribution is 5.89. The van der Waals surface area contributed by atoms with Gasteiger partial charge in [0.1, 0.15) is 0 Å². The van der Waals surface area contributed by atoms with E-state index < -0.39 is 0 Å². The van der Waals surface area contributed by atoms with Crippen LogP contribution in [0.5, 0.6) is 0 Å². The van der Waals surface area contributed by atoms with Crippen molar-refractivity contribution in [3.8, 4) is 0 Å². The van der Waals surface area contributed by atoms with Crippen molar-refractivity contribution in [1.29, 1.82) is 0 Å². The maximum Gasteiger partial charge on any atom is 0.319 e. The van der Waals surface area contributed by atoms with Crippen molar-refractivity contribution in [1.82, 2.24) is 25.1 Å². The van der Waals surface area contributed by atoms with Crippen molar-refractivity contribution in [2.75, 3.05) is 37.0 Å². The third-order valence-electron chi connectivity index (χ3n) is 4.01. The van der Waals surface area contributed by atoms with E-state index in [-0.39, 0.29) is 12.1 Å². The summed E-state index contributed by atoms with van der Waals surface area (Å²) < 4.78 is 6.74. The van der Waals surface area contributed by atoms with Gasteiger partial charge in [-0.1, -0.05) is 0 Å². The molecule has 0 aliphatic carbocycles. The number of nitrogens with one attached hydrogen (secondary N) is 2. The zero-order valence-electron chi connectivity index (χ0n) is 14.3. The molecule has 1 aliphatic rings. The molecule has 0 aromatic carbocycles. The highest BCUT2D eigenvalue weighted by Crippen LogP contribution is 2.15. The van der Waals surface area contributed by atoms with Gasteiger partial charge in [0.2, 0.25) is 5.95 Å². The van der Waals surface area contributed by atoms with Crippen LogP contribution >= 0.6 is 0 Å². The van der Waals surface area contributed by atoms with Gasteiger partial charge in [0, 0.05) is 44.8 Å². The van der Waals surface area contributed by atoms with Crippen LogP contribution < -0.4 is 15.5 Å². The third-order valence-corrected chi connectivity index (χ3v) is 4.01. The zero-order valence-corrected chi connectivity index (χ0v) is 14.3. The SMILES string of the molecule is COCCn1cc(NC(=O)N[C@H]2CCCN(c3ncccn3)C2)cn1. The summed E-state index contributed by atoms with van der Waals surface area (Å²) >= 11 is 0. The van der Waals surface area contributed by atoms with Gasteiger partial charge >= 0.3 is 6.03 Å². The Labute approximate surface area is 146 Å². The molecule has 3 rings (SSSR count). The molecule has 1 aliphatic heterocycles. The molecule has 0 bridgehead atoms. The maximum absolute atomic E-state index is 12.2. The van der Waals surface area contributed by atoms with Crippen molar-refractivity contribution >= 4 is 17.7 Å². The molecule has 2 N–H and O–H groups in total. The molecule has 1 atom stereocenters. The molecule has 2 aromatic heterocycles. The number of urea groups is 1. The number of piperidine rings is 1. The van der Waals surface area contributed by atoms with E-state index >= 15 is 0 Å². The summed E-state index contributed by atoms with van der Waals surface area (Å²) in [4.78, 5) is 22.9. The number of hydrogen-bond acceptors (Lipinski definition) is 6. The third kappa shape index (κ3) is 4.90. The zero-order chi connectivity index (χ0) is 17.5. The van der Waals surface area contributed by atoms with Gasteiger partial charge in [-0.05, 0) is 18.9 Å². The molecule has 0 radical (unpaired) electrons. The first kappa shape index (κ1) is 17.2. The number of hydrogen-bond donors (Lipinski definition) is 2. The Bertz CT molecular complexity index is 676. The number of nitrogens with zero attached hydrogens (tertiary/aromatic N) is 5. The highest BCUT2D eigenvalue weighted by Gasteiger charge is 2.23. The molecule has 1 saturated heterocycles. The fourth-order valence-corrected chi connectivity index (χ4v) is 2.82. The fraction of sp³-hybridized carbons (Fsp3) is 0.500. The van der Waals surface area contributed by atoms with Crippen LogP contribution in [0.3, 0.4) is 0 Å². The summed E-state index contributed by atoms with van der Waals surface area (Å²) in [5, 5.41) is 10.0. The normalized spacial score (nSPS) is 17.3. The Morgan fingerprint density at radius 2 is 2.24 bits per heavy atom. The molecule has 2 aromatic rings. The van der Waals surface area contributed by atoms with Crippen LogP contribution in [0.2, 0.25) is 0 Å². The van der Waals surface area contributed by atoms with Gasteiger partial charge in [-0.25, -0.2) is 14.8 Å². The number of amides is 2. The monoisotopic (exact) mass is 345 g/mol. The van der Waals surface area contributed by atoms with Crippen molar-refractivity contribution in [3.63, 3.8) is 0 Å². The largest absolute Gasteiger partial charge is 0.383 e. The van der Waals surface area contributed by atoms with Crippen LogP contribution in [-0.2, 0) is 11.3 Å². The average molecular weight is 345 g/mol. The first-order chi connectivity index (χ1) is 12.2. The molecular weight excluding hydrogens is 322 g/mol. The lowest BCUT2D eigenvalue weighted by molar-refractivity contribution is 0.183. The van der Waals surface area contributed by atoms with Crippen LogP contribution in [0.15, 0.2) is 30.9 Å². The van der Waals surface area contributed by atoms with E-state index in [2.05, 4.69) is 30.6 Å². The number of anilines is 2. The number of ether oxygens (including phenoxy) is 1. The Balaban J connectivity index is 1.49. The summed E-state index contributed by atoms with van der Waals surface area (Å²) in [6, 6.07) is 1.62. The smallest absolute Gasteiger partial charge is 0.319 e. The minimum atomic E-state index is -0.230. The lowest BCUT2D eigenvalue weighted by Gasteiger charge is -2.33. The molecule has 1 fully saturated rings. The van der Waals surface area contributed by atoms with Crippen molar-refractivity contribution < 1.29 is 9.53 Å². The molecule has 25 heavy (non-hydrogen) atoms. The molecule has 0 unspecified atom stereocenters. The van der Waals surface area contributed by atoms with E-state index in [1.165, 1.54) is 0 Å². The summed E-state index contributed by atoms with van der Waals surface area (Å²) in [5.41, 5.74) is 0.660. The molecular formula is C16H23N7O2. The second-order valence-electron chi connectivity index (χ2n) is 5.92. The van der Waals surface area contributed by atoms with E-state index in [9.17, 15) is 4.79 Å². The minimum Gasteiger partial charge on any atom is -0.383 e. The second-order valence-corrected chi connectivity index (χ2v) is 5.92. The van der Waals surface area contributed by atoms with E-state index in [0.717, 1.165) is 19.4 Å². The number of rotatable bonds is 6. The molecule has 3 heterocycles. The van der Waals surface area contributed by atoms with Crippen molar-refractivity contribution in [3.05, 3.63) is 30.9 Å². The Morgan fingerprint density at radius 1 is 1.40 bits per heavy atom. The topological polar surface area (TPSA) is 97.2 Å². The Morgan fingerprint density at radius 3 is 3.04 bits per heavy atom. The van der Waals surface area contributed by atoms with Crippen molar-refractivity contribution in [2.24, 2.45) is 0 Å². The van der Waals surface area contributed by atoms with Crippen LogP contribution in [-0.4, -0.2) is 58.6 Å². The molecule has 0 saturated carbocycles. The summed E-state index contributed by atoms with van der Waals surface area (Å²) in [6.07, 6.45) is 8.78. The first-order valence-corrected chi connectivity index (χ1v) is 8.35. The van der Waals surface area contributed by atoms with Gasteiger partial charge in [-0.2, -0.15) is 5.10 Å². The van der Waals surface area contributed by atoms with Crippen molar-refractivity contribution in [2.45, 2.75) is 25.4 Å². The highest BCUT2D eigenvalue weighted by atomic mass is 16.5. The lowest BCUT2D eigenvalue weighted by atomic mass is 10.1. The molecule has 9 heteroatoms. The number of carbonyl (C=O) groups is 1. The summed E-state index contributed by atoms with van der Waals surface area (Å²) in [6.45, 7) is 2.82. The molecule has 0 spiro atoms. The van der Waals surface area contributed by atoms with Gasteiger partial charge in [-0.15, -0.1) is 0 Å². The van der Waals surface area contributed by atoms with Gasteiger partial charge in [-0.3, -0.25) is 4.68 Å². The van der Waals surface area contributed by atoms with Gasteiger partial charge < -0.3 is 20.3 Å². The fourth-order valence-electron chi connectivity index (χ4n) is 2.82. The number of carbonyl (C=O) groups excluding carboxylic acids is 1. The second kappa shape index (κ2) is 8.43. The van der Waals surface area contributed by atoms with E-state index in [1.807, 2.05) is 0 Å². The van der Waals surface area contributed by atoms with Crippen LogP contribution in [0.25, 0.3) is 0 Å². The van der Waals surface area contributed by atoms with Gasteiger partial charge in [0.25, 0.3) is 0 Å². The van der Waals surface area contributed by atoms with Crippen LogP contribution in [0, 0.1) is 0 Å². The Hall–Kier alpha value is -2.68. The predicted octanol–water partition coefficient (Wildman–Crippen LogP) is 1.11.